The fourth-order valence-electron chi connectivity index (χ4n) is 2.32. The zero-order valence-electron chi connectivity index (χ0n) is 15.6. The molecule has 0 radical (unpaired) electrons. The summed E-state index contributed by atoms with van der Waals surface area (Å²) >= 11 is 13.3. The van der Waals surface area contributed by atoms with Crippen molar-refractivity contribution in [3.8, 4) is 11.3 Å². The number of ether oxygens (including phenoxy) is 1. The van der Waals surface area contributed by atoms with Crippen LogP contribution in [0.25, 0.3) is 11.3 Å². The Morgan fingerprint density at radius 3 is 2.68 bits per heavy atom. The minimum absolute atomic E-state index is 0.0766. The maximum absolute atomic E-state index is 12.2. The molecule has 1 heterocycles. The lowest BCUT2D eigenvalue weighted by molar-refractivity contribution is -0.123. The van der Waals surface area contributed by atoms with E-state index < -0.39 is 0 Å². The lowest BCUT2D eigenvalue weighted by atomic mass is 10.2. The van der Waals surface area contributed by atoms with E-state index in [2.05, 4.69) is 15.6 Å². The number of nitrogens with zero attached hydrogens (tertiary/aromatic N) is 2. The number of nitrogens with one attached hydrogen (secondary N) is 2. The van der Waals surface area contributed by atoms with Crippen LogP contribution in [0.1, 0.15) is 6.42 Å². The fourth-order valence-corrected chi connectivity index (χ4v) is 3.36. The SMILES string of the molecule is COCCCNC(=O)CN(C)CC(=O)Nc1nc(-c2ccc(Cl)c(Cl)c2)cs1. The van der Waals surface area contributed by atoms with E-state index in [0.29, 0.717) is 34.0 Å². The number of carbonyl (C=O) groups excluding carboxylic acids is 2. The zero-order valence-corrected chi connectivity index (χ0v) is 18.0. The highest BCUT2D eigenvalue weighted by Crippen LogP contribution is 2.30. The van der Waals surface area contributed by atoms with Crippen molar-refractivity contribution < 1.29 is 14.3 Å². The number of halogens is 2. The van der Waals surface area contributed by atoms with Crippen LogP contribution in [0.5, 0.6) is 0 Å². The third kappa shape index (κ3) is 7.37. The Labute approximate surface area is 178 Å². The van der Waals surface area contributed by atoms with E-state index in [0.717, 1.165) is 12.0 Å². The summed E-state index contributed by atoms with van der Waals surface area (Å²) in [5.41, 5.74) is 1.51. The van der Waals surface area contributed by atoms with Crippen LogP contribution in [0.4, 0.5) is 5.13 Å². The molecule has 28 heavy (non-hydrogen) atoms. The molecule has 2 rings (SSSR count). The lowest BCUT2D eigenvalue weighted by Crippen LogP contribution is -2.39. The van der Waals surface area contributed by atoms with E-state index in [9.17, 15) is 9.59 Å². The van der Waals surface area contributed by atoms with Crippen molar-refractivity contribution in [3.63, 3.8) is 0 Å². The molecule has 1 aromatic heterocycles. The van der Waals surface area contributed by atoms with Crippen LogP contribution in [0.2, 0.25) is 10.0 Å². The predicted octanol–water partition coefficient (Wildman–Crippen LogP) is 3.14. The average Bonchev–Trinajstić information content (AvgIpc) is 3.09. The first-order chi connectivity index (χ1) is 13.4. The number of hydrogen-bond donors (Lipinski definition) is 2. The Kier molecular flexibility index (Phi) is 9.14. The van der Waals surface area contributed by atoms with Crippen molar-refractivity contribution in [1.29, 1.82) is 0 Å². The smallest absolute Gasteiger partial charge is 0.240 e. The third-order valence-electron chi connectivity index (χ3n) is 3.64. The summed E-state index contributed by atoms with van der Waals surface area (Å²) in [7, 11) is 3.32. The van der Waals surface area contributed by atoms with Gasteiger partial charge >= 0.3 is 0 Å². The van der Waals surface area contributed by atoms with E-state index in [-0.39, 0.29) is 24.9 Å². The standard InChI is InChI=1S/C18H22Cl2N4O3S/c1-24(9-16(25)21-6-3-7-27-2)10-17(26)23-18-22-15(11-28-18)12-4-5-13(19)14(20)8-12/h4-5,8,11H,3,6-7,9-10H2,1-2H3,(H,21,25)(H,22,23,26). The second kappa shape index (κ2) is 11.3. The number of aromatic nitrogens is 1. The van der Waals surface area contributed by atoms with Gasteiger partial charge in [-0.2, -0.15) is 0 Å². The predicted molar refractivity (Wildman–Crippen MR) is 113 cm³/mol. The molecule has 0 unspecified atom stereocenters. The van der Waals surface area contributed by atoms with Crippen molar-refractivity contribution in [3.05, 3.63) is 33.6 Å². The van der Waals surface area contributed by atoms with Crippen molar-refractivity contribution in [2.24, 2.45) is 0 Å². The van der Waals surface area contributed by atoms with Gasteiger partial charge in [-0.1, -0.05) is 29.3 Å². The molecule has 2 N–H and O–H groups in total. The van der Waals surface area contributed by atoms with Crippen molar-refractivity contribution in [2.45, 2.75) is 6.42 Å². The highest BCUT2D eigenvalue weighted by Gasteiger charge is 2.13. The summed E-state index contributed by atoms with van der Waals surface area (Å²) in [6, 6.07) is 5.24. The molecule has 0 bridgehead atoms. The summed E-state index contributed by atoms with van der Waals surface area (Å²) in [5.74, 6) is -0.382. The van der Waals surface area contributed by atoms with Gasteiger partial charge in [-0.3, -0.25) is 14.5 Å². The molecule has 0 aliphatic carbocycles. The maximum Gasteiger partial charge on any atom is 0.240 e. The number of benzene rings is 1. The average molecular weight is 445 g/mol. The first kappa shape index (κ1) is 22.6. The number of thiazole rings is 1. The van der Waals surface area contributed by atoms with Crippen LogP contribution < -0.4 is 10.6 Å². The van der Waals surface area contributed by atoms with Crippen molar-refractivity contribution in [2.75, 3.05) is 45.7 Å². The van der Waals surface area contributed by atoms with Crippen LogP contribution in [0.3, 0.4) is 0 Å². The van der Waals surface area contributed by atoms with E-state index in [1.807, 2.05) is 11.4 Å². The normalized spacial score (nSPS) is 10.9. The molecule has 0 aliphatic rings. The number of likely N-dealkylation sites (N-methyl/N-ethyl adjacent to an activating group) is 1. The Hall–Kier alpha value is -1.71. The molecule has 1 aromatic carbocycles. The minimum Gasteiger partial charge on any atom is -0.385 e. The maximum atomic E-state index is 12.2. The van der Waals surface area contributed by atoms with Gasteiger partial charge in [0.15, 0.2) is 5.13 Å². The Bertz CT molecular complexity index is 816. The van der Waals surface area contributed by atoms with Gasteiger partial charge in [0.1, 0.15) is 0 Å². The van der Waals surface area contributed by atoms with Gasteiger partial charge in [-0.15, -0.1) is 11.3 Å². The molecular weight excluding hydrogens is 423 g/mol. The monoisotopic (exact) mass is 444 g/mol. The third-order valence-corrected chi connectivity index (χ3v) is 5.14. The molecule has 0 saturated carbocycles. The molecular formula is C18H22Cl2N4O3S. The Morgan fingerprint density at radius 1 is 1.21 bits per heavy atom. The molecule has 0 spiro atoms. The summed E-state index contributed by atoms with van der Waals surface area (Å²) in [6.45, 7) is 1.35. The van der Waals surface area contributed by atoms with Crippen LogP contribution in [0, 0.1) is 0 Å². The second-order valence-electron chi connectivity index (χ2n) is 6.08. The van der Waals surface area contributed by atoms with Gasteiger partial charge in [-0.25, -0.2) is 4.98 Å². The first-order valence-electron chi connectivity index (χ1n) is 8.54. The fraction of sp³-hybridized carbons (Fsp3) is 0.389. The Balaban J connectivity index is 1.80. The summed E-state index contributed by atoms with van der Waals surface area (Å²) in [4.78, 5) is 30.0. The summed E-state index contributed by atoms with van der Waals surface area (Å²) in [6.07, 6.45) is 0.748. The molecule has 7 nitrogen and oxygen atoms in total. The molecule has 152 valence electrons. The van der Waals surface area contributed by atoms with Gasteiger partial charge in [0.25, 0.3) is 0 Å². The zero-order chi connectivity index (χ0) is 20.5. The quantitative estimate of drug-likeness (QED) is 0.549. The van der Waals surface area contributed by atoms with Crippen LogP contribution in [-0.4, -0.2) is 62.1 Å². The second-order valence-corrected chi connectivity index (χ2v) is 7.76. The molecule has 2 aromatic rings. The molecule has 0 aliphatic heterocycles. The number of rotatable bonds is 10. The van der Waals surface area contributed by atoms with Gasteiger partial charge < -0.3 is 15.4 Å². The highest BCUT2D eigenvalue weighted by atomic mass is 35.5. The van der Waals surface area contributed by atoms with E-state index in [1.54, 1.807) is 31.2 Å². The van der Waals surface area contributed by atoms with Gasteiger partial charge in [0.05, 0.1) is 28.8 Å². The number of methoxy groups -OCH3 is 1. The van der Waals surface area contributed by atoms with Crippen LogP contribution >= 0.6 is 34.5 Å². The highest BCUT2D eigenvalue weighted by molar-refractivity contribution is 7.14. The minimum atomic E-state index is -0.246. The molecule has 10 heteroatoms. The van der Waals surface area contributed by atoms with E-state index in [1.165, 1.54) is 11.3 Å². The molecule has 2 amide bonds. The molecule has 0 fully saturated rings. The number of anilines is 1. The van der Waals surface area contributed by atoms with Crippen LogP contribution in [-0.2, 0) is 14.3 Å². The number of hydrogen-bond acceptors (Lipinski definition) is 6. The van der Waals surface area contributed by atoms with Gasteiger partial charge in [0, 0.05) is 31.2 Å². The largest absolute Gasteiger partial charge is 0.385 e. The van der Waals surface area contributed by atoms with Crippen LogP contribution in [0.15, 0.2) is 23.6 Å². The molecule has 0 atom stereocenters. The summed E-state index contributed by atoms with van der Waals surface area (Å²) in [5, 5.41) is 8.74. The first-order valence-corrected chi connectivity index (χ1v) is 10.2. The van der Waals surface area contributed by atoms with Crippen molar-refractivity contribution in [1.82, 2.24) is 15.2 Å². The number of amides is 2. The van der Waals surface area contributed by atoms with Gasteiger partial charge in [-0.05, 0) is 25.6 Å². The molecule has 0 saturated heterocycles. The number of carbonyl (C=O) groups is 2. The van der Waals surface area contributed by atoms with Crippen molar-refractivity contribution >= 4 is 51.5 Å². The summed E-state index contributed by atoms with van der Waals surface area (Å²) < 4.78 is 4.92. The Morgan fingerprint density at radius 2 is 1.96 bits per heavy atom. The topological polar surface area (TPSA) is 83.6 Å². The van der Waals surface area contributed by atoms with E-state index in [4.69, 9.17) is 27.9 Å². The van der Waals surface area contributed by atoms with E-state index >= 15 is 0 Å². The van der Waals surface area contributed by atoms with Gasteiger partial charge in [0.2, 0.25) is 11.8 Å². The lowest BCUT2D eigenvalue weighted by Gasteiger charge is -2.15.